The second-order valence-corrected chi connectivity index (χ2v) is 4.32. The van der Waals surface area contributed by atoms with E-state index >= 15 is 0 Å². The molecule has 0 saturated heterocycles. The number of amides is 1. The topological polar surface area (TPSA) is 66.4 Å². The standard InChI is InChI=1S/C16H15NO3/c1-2-17-15(18)12-8-6-11(7-9-12)13-4-3-5-14(10-13)16(19)20/h3-10H,2H2,1H3,(H,17,18)(H,19,20). The highest BCUT2D eigenvalue weighted by Crippen LogP contribution is 2.21. The van der Waals surface area contributed by atoms with Gasteiger partial charge in [0.2, 0.25) is 0 Å². The van der Waals surface area contributed by atoms with Gasteiger partial charge in [-0.2, -0.15) is 0 Å². The Kier molecular flexibility index (Phi) is 4.15. The zero-order chi connectivity index (χ0) is 14.5. The number of hydrogen-bond acceptors (Lipinski definition) is 2. The molecule has 4 nitrogen and oxygen atoms in total. The molecule has 20 heavy (non-hydrogen) atoms. The summed E-state index contributed by atoms with van der Waals surface area (Å²) in [5.74, 6) is -1.07. The van der Waals surface area contributed by atoms with E-state index in [1.165, 1.54) is 0 Å². The van der Waals surface area contributed by atoms with Crippen LogP contribution in [0.15, 0.2) is 48.5 Å². The van der Waals surface area contributed by atoms with Crippen LogP contribution in [-0.2, 0) is 0 Å². The summed E-state index contributed by atoms with van der Waals surface area (Å²) in [5.41, 5.74) is 2.52. The minimum absolute atomic E-state index is 0.113. The maximum atomic E-state index is 11.6. The Hall–Kier alpha value is -2.62. The molecule has 1 amide bonds. The van der Waals surface area contributed by atoms with Gasteiger partial charge in [-0.05, 0) is 42.3 Å². The SMILES string of the molecule is CCNC(=O)c1ccc(-c2cccc(C(=O)O)c2)cc1. The molecule has 2 rings (SSSR count). The highest BCUT2D eigenvalue weighted by molar-refractivity contribution is 5.94. The highest BCUT2D eigenvalue weighted by Gasteiger charge is 2.07. The van der Waals surface area contributed by atoms with E-state index < -0.39 is 5.97 Å². The molecule has 0 bridgehead atoms. The molecule has 0 saturated carbocycles. The zero-order valence-electron chi connectivity index (χ0n) is 11.1. The van der Waals surface area contributed by atoms with E-state index in [-0.39, 0.29) is 11.5 Å². The predicted molar refractivity (Wildman–Crippen MR) is 76.8 cm³/mol. The van der Waals surface area contributed by atoms with Gasteiger partial charge in [0, 0.05) is 12.1 Å². The zero-order valence-corrected chi connectivity index (χ0v) is 11.1. The summed E-state index contributed by atoms with van der Waals surface area (Å²) >= 11 is 0. The molecule has 0 unspecified atom stereocenters. The van der Waals surface area contributed by atoms with Gasteiger partial charge >= 0.3 is 5.97 Å². The lowest BCUT2D eigenvalue weighted by Gasteiger charge is -2.05. The largest absolute Gasteiger partial charge is 0.478 e. The molecular weight excluding hydrogens is 254 g/mol. The molecule has 0 aromatic heterocycles. The molecule has 0 fully saturated rings. The highest BCUT2D eigenvalue weighted by atomic mass is 16.4. The molecule has 2 N–H and O–H groups in total. The van der Waals surface area contributed by atoms with Crippen molar-refractivity contribution in [3.8, 4) is 11.1 Å². The van der Waals surface area contributed by atoms with Crippen molar-refractivity contribution >= 4 is 11.9 Å². The Bertz CT molecular complexity index is 632. The number of carboxylic acid groups (broad SMARTS) is 1. The smallest absolute Gasteiger partial charge is 0.335 e. The lowest BCUT2D eigenvalue weighted by atomic mass is 10.0. The van der Waals surface area contributed by atoms with Crippen LogP contribution in [0.25, 0.3) is 11.1 Å². The summed E-state index contributed by atoms with van der Waals surface area (Å²) in [6, 6.07) is 13.8. The van der Waals surface area contributed by atoms with Crippen molar-refractivity contribution in [2.24, 2.45) is 0 Å². The molecule has 0 aliphatic heterocycles. The van der Waals surface area contributed by atoms with E-state index in [9.17, 15) is 9.59 Å². The number of rotatable bonds is 4. The average molecular weight is 269 g/mol. The molecule has 102 valence electrons. The number of aromatic carboxylic acids is 1. The van der Waals surface area contributed by atoms with Crippen molar-refractivity contribution in [2.45, 2.75) is 6.92 Å². The Morgan fingerprint density at radius 1 is 1.00 bits per heavy atom. The average Bonchev–Trinajstić information content (AvgIpc) is 2.48. The van der Waals surface area contributed by atoms with Gasteiger partial charge in [-0.1, -0.05) is 24.3 Å². The second kappa shape index (κ2) is 6.02. The van der Waals surface area contributed by atoms with Crippen LogP contribution in [0.2, 0.25) is 0 Å². The summed E-state index contributed by atoms with van der Waals surface area (Å²) in [5, 5.41) is 11.7. The van der Waals surface area contributed by atoms with Crippen LogP contribution in [0, 0.1) is 0 Å². The number of nitrogens with one attached hydrogen (secondary N) is 1. The summed E-state index contributed by atoms with van der Waals surface area (Å²) < 4.78 is 0. The van der Waals surface area contributed by atoms with Crippen LogP contribution >= 0.6 is 0 Å². The molecule has 0 atom stereocenters. The molecule has 0 spiro atoms. The third-order valence-corrected chi connectivity index (χ3v) is 2.93. The van der Waals surface area contributed by atoms with E-state index in [2.05, 4.69) is 5.32 Å². The van der Waals surface area contributed by atoms with Gasteiger partial charge in [-0.25, -0.2) is 4.79 Å². The van der Waals surface area contributed by atoms with E-state index in [4.69, 9.17) is 5.11 Å². The van der Waals surface area contributed by atoms with Crippen molar-refractivity contribution in [1.82, 2.24) is 5.32 Å². The van der Waals surface area contributed by atoms with Gasteiger partial charge in [0.25, 0.3) is 5.91 Å². The number of carbonyl (C=O) groups excluding carboxylic acids is 1. The summed E-state index contributed by atoms with van der Waals surface area (Å²) in [4.78, 5) is 22.6. The number of carbonyl (C=O) groups is 2. The Morgan fingerprint density at radius 3 is 2.30 bits per heavy atom. The van der Waals surface area contributed by atoms with Crippen molar-refractivity contribution in [2.75, 3.05) is 6.54 Å². The lowest BCUT2D eigenvalue weighted by Crippen LogP contribution is -2.22. The van der Waals surface area contributed by atoms with Gasteiger partial charge in [-0.3, -0.25) is 4.79 Å². The first-order valence-electron chi connectivity index (χ1n) is 6.34. The van der Waals surface area contributed by atoms with E-state index in [0.717, 1.165) is 11.1 Å². The third-order valence-electron chi connectivity index (χ3n) is 2.93. The molecule has 0 radical (unpaired) electrons. The minimum Gasteiger partial charge on any atom is -0.478 e. The third kappa shape index (κ3) is 3.03. The van der Waals surface area contributed by atoms with Crippen LogP contribution in [-0.4, -0.2) is 23.5 Å². The normalized spacial score (nSPS) is 10.1. The van der Waals surface area contributed by atoms with Gasteiger partial charge in [0.15, 0.2) is 0 Å². The van der Waals surface area contributed by atoms with Crippen molar-refractivity contribution in [3.05, 3.63) is 59.7 Å². The number of hydrogen-bond donors (Lipinski definition) is 2. The van der Waals surface area contributed by atoms with Gasteiger partial charge in [0.05, 0.1) is 5.56 Å². The summed E-state index contributed by atoms with van der Waals surface area (Å²) in [6.07, 6.45) is 0. The van der Waals surface area contributed by atoms with E-state index in [1.807, 2.05) is 25.1 Å². The number of benzene rings is 2. The first-order chi connectivity index (χ1) is 9.61. The molecule has 0 aliphatic rings. The van der Waals surface area contributed by atoms with Crippen LogP contribution in [0.3, 0.4) is 0 Å². The number of carboxylic acids is 1. The summed E-state index contributed by atoms with van der Waals surface area (Å²) in [7, 11) is 0. The monoisotopic (exact) mass is 269 g/mol. The minimum atomic E-state index is -0.953. The fourth-order valence-electron chi connectivity index (χ4n) is 1.91. The molecule has 4 heteroatoms. The van der Waals surface area contributed by atoms with Crippen LogP contribution in [0.5, 0.6) is 0 Å². The molecule has 2 aromatic rings. The van der Waals surface area contributed by atoms with Gasteiger partial charge in [-0.15, -0.1) is 0 Å². The van der Waals surface area contributed by atoms with Gasteiger partial charge < -0.3 is 10.4 Å². The first kappa shape index (κ1) is 13.8. The van der Waals surface area contributed by atoms with E-state index in [0.29, 0.717) is 12.1 Å². The van der Waals surface area contributed by atoms with Crippen molar-refractivity contribution in [3.63, 3.8) is 0 Å². The first-order valence-corrected chi connectivity index (χ1v) is 6.34. The Morgan fingerprint density at radius 2 is 1.70 bits per heavy atom. The van der Waals surface area contributed by atoms with Crippen LogP contribution in [0.4, 0.5) is 0 Å². The fourth-order valence-corrected chi connectivity index (χ4v) is 1.91. The van der Waals surface area contributed by atoms with Crippen LogP contribution in [0.1, 0.15) is 27.6 Å². The molecule has 0 aliphatic carbocycles. The Balaban J connectivity index is 2.28. The lowest BCUT2D eigenvalue weighted by molar-refractivity contribution is 0.0696. The molecule has 2 aromatic carbocycles. The maximum absolute atomic E-state index is 11.6. The predicted octanol–water partition coefficient (Wildman–Crippen LogP) is 2.80. The molecular formula is C16H15NO3. The van der Waals surface area contributed by atoms with Gasteiger partial charge in [0.1, 0.15) is 0 Å². The second-order valence-electron chi connectivity index (χ2n) is 4.32. The summed E-state index contributed by atoms with van der Waals surface area (Å²) in [6.45, 7) is 2.45. The fraction of sp³-hybridized carbons (Fsp3) is 0.125. The van der Waals surface area contributed by atoms with Crippen LogP contribution < -0.4 is 5.32 Å². The molecule has 0 heterocycles. The quantitative estimate of drug-likeness (QED) is 0.897. The Labute approximate surface area is 117 Å². The van der Waals surface area contributed by atoms with Crippen molar-refractivity contribution < 1.29 is 14.7 Å². The maximum Gasteiger partial charge on any atom is 0.335 e. The van der Waals surface area contributed by atoms with Crippen molar-refractivity contribution in [1.29, 1.82) is 0 Å². The van der Waals surface area contributed by atoms with E-state index in [1.54, 1.807) is 30.3 Å².